The van der Waals surface area contributed by atoms with Crippen molar-refractivity contribution in [3.63, 3.8) is 0 Å². The number of alkyl halides is 2. The predicted octanol–water partition coefficient (Wildman–Crippen LogP) is 2.49. The summed E-state index contributed by atoms with van der Waals surface area (Å²) in [6, 6.07) is 3.62. The Morgan fingerprint density at radius 2 is 2.16 bits per heavy atom. The maximum atomic E-state index is 13.3. The minimum absolute atomic E-state index is 0.0600. The van der Waals surface area contributed by atoms with Crippen LogP contribution in [0.1, 0.15) is 0 Å². The van der Waals surface area contributed by atoms with Gasteiger partial charge in [0.05, 0.1) is 11.4 Å². The number of nitrogens with two attached hydrogens (primary N) is 1. The highest BCUT2D eigenvalue weighted by Gasteiger charge is 2.13. The Morgan fingerprint density at radius 3 is 2.74 bits per heavy atom. The van der Waals surface area contributed by atoms with Crippen LogP contribution in [0.2, 0.25) is 0 Å². The van der Waals surface area contributed by atoms with Gasteiger partial charge in [0.25, 0.3) is 0 Å². The van der Waals surface area contributed by atoms with Crippen LogP contribution in [-0.2, 0) is 7.05 Å². The van der Waals surface area contributed by atoms with E-state index in [0.29, 0.717) is 5.82 Å². The lowest BCUT2D eigenvalue weighted by Crippen LogP contribution is -2.06. The van der Waals surface area contributed by atoms with Crippen molar-refractivity contribution in [2.45, 2.75) is 6.61 Å². The maximum Gasteiger partial charge on any atom is 0.387 e. The molecular weight excluding hydrogens is 261 g/mol. The summed E-state index contributed by atoms with van der Waals surface area (Å²) in [6.45, 7) is -3.11. The molecule has 0 unspecified atom stereocenters. The molecule has 102 valence electrons. The van der Waals surface area contributed by atoms with Crippen molar-refractivity contribution in [1.82, 2.24) is 9.78 Å². The van der Waals surface area contributed by atoms with E-state index in [1.54, 1.807) is 24.0 Å². The van der Waals surface area contributed by atoms with Crippen LogP contribution in [0.4, 0.5) is 30.4 Å². The molecule has 1 heterocycles. The summed E-state index contributed by atoms with van der Waals surface area (Å²) in [7, 11) is 1.71. The van der Waals surface area contributed by atoms with Crippen molar-refractivity contribution in [3.8, 4) is 5.75 Å². The van der Waals surface area contributed by atoms with E-state index in [2.05, 4.69) is 15.2 Å². The summed E-state index contributed by atoms with van der Waals surface area (Å²) >= 11 is 0. The predicted molar refractivity (Wildman–Crippen MR) is 63.9 cm³/mol. The Kier molecular flexibility index (Phi) is 3.50. The van der Waals surface area contributed by atoms with Gasteiger partial charge in [-0.3, -0.25) is 4.68 Å². The highest BCUT2D eigenvalue weighted by Crippen LogP contribution is 2.30. The van der Waals surface area contributed by atoms with Gasteiger partial charge in [-0.2, -0.15) is 13.9 Å². The first-order valence-electron chi connectivity index (χ1n) is 5.26. The van der Waals surface area contributed by atoms with E-state index in [0.717, 1.165) is 12.1 Å². The number of hydrogen-bond donors (Lipinski definition) is 2. The van der Waals surface area contributed by atoms with Crippen molar-refractivity contribution < 1.29 is 17.9 Å². The third-order valence-electron chi connectivity index (χ3n) is 2.30. The number of hydrogen-bond acceptors (Lipinski definition) is 4. The van der Waals surface area contributed by atoms with E-state index >= 15 is 0 Å². The van der Waals surface area contributed by atoms with Crippen molar-refractivity contribution in [1.29, 1.82) is 0 Å². The highest BCUT2D eigenvalue weighted by molar-refractivity contribution is 5.73. The first kappa shape index (κ1) is 13.1. The summed E-state index contributed by atoms with van der Waals surface area (Å²) in [5, 5.41) is 6.81. The Hall–Kier alpha value is -2.38. The Bertz CT molecular complexity index is 585. The van der Waals surface area contributed by atoms with Crippen LogP contribution in [0.15, 0.2) is 24.4 Å². The molecule has 3 N–H and O–H groups in total. The molecule has 0 bridgehead atoms. The quantitative estimate of drug-likeness (QED) is 0.839. The number of ether oxygens (including phenoxy) is 1. The number of nitrogen functional groups attached to an aromatic ring is 1. The van der Waals surface area contributed by atoms with Crippen molar-refractivity contribution >= 4 is 17.2 Å². The number of anilines is 3. The number of nitrogens with zero attached hydrogens (tertiary/aromatic N) is 2. The number of nitrogens with one attached hydrogen (secondary N) is 1. The van der Waals surface area contributed by atoms with Crippen LogP contribution in [-0.4, -0.2) is 16.4 Å². The molecule has 1 aromatic carbocycles. The minimum Gasteiger partial charge on any atom is -0.432 e. The average molecular weight is 272 g/mol. The number of aryl methyl sites for hydroxylation is 1. The topological polar surface area (TPSA) is 65.1 Å². The molecular formula is C11H11F3N4O. The Labute approximate surface area is 106 Å². The number of halogens is 3. The summed E-state index contributed by atoms with van der Waals surface area (Å²) in [5.41, 5.74) is 5.89. The van der Waals surface area contributed by atoms with Crippen LogP contribution in [0.25, 0.3) is 0 Å². The van der Waals surface area contributed by atoms with E-state index in [9.17, 15) is 13.2 Å². The Morgan fingerprint density at radius 1 is 1.42 bits per heavy atom. The molecule has 19 heavy (non-hydrogen) atoms. The second-order valence-electron chi connectivity index (χ2n) is 3.75. The third-order valence-corrected chi connectivity index (χ3v) is 2.30. The minimum atomic E-state index is -3.11. The molecule has 2 aromatic rings. The first-order chi connectivity index (χ1) is 8.95. The van der Waals surface area contributed by atoms with Gasteiger partial charge in [-0.25, -0.2) is 4.39 Å². The normalized spacial score (nSPS) is 10.8. The van der Waals surface area contributed by atoms with Crippen molar-refractivity contribution in [2.24, 2.45) is 7.05 Å². The van der Waals surface area contributed by atoms with Gasteiger partial charge in [0.2, 0.25) is 0 Å². The van der Waals surface area contributed by atoms with Gasteiger partial charge in [-0.1, -0.05) is 0 Å². The van der Waals surface area contributed by atoms with Gasteiger partial charge < -0.3 is 15.8 Å². The molecule has 0 saturated carbocycles. The van der Waals surface area contributed by atoms with Gasteiger partial charge in [-0.05, 0) is 0 Å². The zero-order chi connectivity index (χ0) is 14.0. The number of aromatic nitrogens is 2. The number of benzene rings is 1. The van der Waals surface area contributed by atoms with E-state index in [4.69, 9.17) is 5.73 Å². The number of rotatable bonds is 4. The smallest absolute Gasteiger partial charge is 0.387 e. The molecule has 0 radical (unpaired) electrons. The molecule has 0 aliphatic rings. The van der Waals surface area contributed by atoms with E-state index in [1.807, 2.05) is 0 Å². The van der Waals surface area contributed by atoms with Gasteiger partial charge >= 0.3 is 6.61 Å². The second-order valence-corrected chi connectivity index (χ2v) is 3.75. The molecule has 0 atom stereocenters. The van der Waals surface area contributed by atoms with Gasteiger partial charge in [0.15, 0.2) is 17.4 Å². The molecule has 5 nitrogen and oxygen atoms in total. The molecule has 0 aliphatic heterocycles. The van der Waals surface area contributed by atoms with Crippen LogP contribution < -0.4 is 15.8 Å². The molecule has 2 rings (SSSR count). The monoisotopic (exact) mass is 272 g/mol. The fraction of sp³-hybridized carbons (Fsp3) is 0.182. The fourth-order valence-electron chi connectivity index (χ4n) is 1.48. The van der Waals surface area contributed by atoms with Gasteiger partial charge in [0.1, 0.15) is 0 Å². The van der Waals surface area contributed by atoms with Crippen molar-refractivity contribution in [2.75, 3.05) is 11.1 Å². The van der Waals surface area contributed by atoms with Crippen molar-refractivity contribution in [3.05, 3.63) is 30.2 Å². The lowest BCUT2D eigenvalue weighted by Gasteiger charge is -2.11. The summed E-state index contributed by atoms with van der Waals surface area (Å²) in [5.74, 6) is -1.09. The van der Waals surface area contributed by atoms with E-state index < -0.39 is 18.2 Å². The molecule has 0 saturated heterocycles. The standard InChI is InChI=1S/C11H11F3N4O/c1-18-3-2-10(17-18)16-8-5-9(19-11(13)14)6(12)4-7(8)15/h2-5,11H,15H2,1H3,(H,16,17). The summed E-state index contributed by atoms with van der Waals surface area (Å²) in [4.78, 5) is 0. The fourth-order valence-corrected chi connectivity index (χ4v) is 1.48. The van der Waals surface area contributed by atoms with Crippen LogP contribution in [0.5, 0.6) is 5.75 Å². The lowest BCUT2D eigenvalue weighted by molar-refractivity contribution is -0.0521. The van der Waals surface area contributed by atoms with Crippen LogP contribution >= 0.6 is 0 Å². The average Bonchev–Trinajstić information content (AvgIpc) is 2.70. The zero-order valence-electron chi connectivity index (χ0n) is 9.90. The molecule has 0 spiro atoms. The van der Waals surface area contributed by atoms with Crippen LogP contribution in [0, 0.1) is 5.82 Å². The van der Waals surface area contributed by atoms with E-state index in [-0.39, 0.29) is 11.4 Å². The molecule has 0 amide bonds. The summed E-state index contributed by atoms with van der Waals surface area (Å²) < 4.78 is 43.2. The van der Waals surface area contributed by atoms with Gasteiger partial charge in [-0.15, -0.1) is 0 Å². The lowest BCUT2D eigenvalue weighted by atomic mass is 10.2. The highest BCUT2D eigenvalue weighted by atomic mass is 19.3. The third kappa shape index (κ3) is 3.09. The molecule has 0 aliphatic carbocycles. The van der Waals surface area contributed by atoms with Crippen LogP contribution in [0.3, 0.4) is 0 Å². The second kappa shape index (κ2) is 5.09. The molecule has 0 fully saturated rings. The molecule has 1 aromatic heterocycles. The maximum absolute atomic E-state index is 13.3. The van der Waals surface area contributed by atoms with Gasteiger partial charge in [0, 0.05) is 31.4 Å². The zero-order valence-corrected chi connectivity index (χ0v) is 9.90. The summed E-state index contributed by atoms with van der Waals surface area (Å²) in [6.07, 6.45) is 1.68. The Balaban J connectivity index is 2.29. The SMILES string of the molecule is Cn1ccc(Nc2cc(OC(F)F)c(F)cc2N)n1. The first-order valence-corrected chi connectivity index (χ1v) is 5.26. The van der Waals surface area contributed by atoms with E-state index in [1.165, 1.54) is 0 Å². The molecule has 8 heteroatoms. The largest absolute Gasteiger partial charge is 0.432 e.